The first-order valence-electron chi connectivity index (χ1n) is 16.3. The van der Waals surface area contributed by atoms with E-state index >= 15 is 0 Å². The number of phenols is 2. The molecule has 48 heavy (non-hydrogen) atoms. The minimum atomic E-state index is -0.000642. The third-order valence-corrected chi connectivity index (χ3v) is 8.54. The molecule has 4 nitrogen and oxygen atoms in total. The molecule has 0 amide bonds. The van der Waals surface area contributed by atoms with Gasteiger partial charge in [-0.1, -0.05) is 126 Å². The topological polar surface area (TPSA) is 58.9 Å². The molecule has 0 spiro atoms. The molecule has 0 aromatic heterocycles. The Bertz CT molecular complexity index is 1870. The van der Waals surface area contributed by atoms with Gasteiger partial charge in [0.05, 0.1) is 13.2 Å². The molecule has 4 heteroatoms. The van der Waals surface area contributed by atoms with Gasteiger partial charge in [-0.3, -0.25) is 0 Å². The van der Waals surface area contributed by atoms with Crippen molar-refractivity contribution in [2.24, 2.45) is 5.92 Å². The van der Waals surface area contributed by atoms with Gasteiger partial charge in [-0.2, -0.15) is 0 Å². The molecule has 0 saturated carbocycles. The van der Waals surface area contributed by atoms with Gasteiger partial charge in [0, 0.05) is 39.3 Å². The maximum absolute atomic E-state index is 11.4. The summed E-state index contributed by atoms with van der Waals surface area (Å²) >= 11 is 0. The van der Waals surface area contributed by atoms with Gasteiger partial charge in [0.15, 0.2) is 0 Å². The molecule has 2 N–H and O–H groups in total. The van der Waals surface area contributed by atoms with Crippen LogP contribution in [0.5, 0.6) is 23.0 Å². The Hall–Kier alpha value is -5.74. The number of benzene rings is 6. The van der Waals surface area contributed by atoms with E-state index in [9.17, 15) is 10.2 Å². The highest BCUT2D eigenvalue weighted by atomic mass is 16.5. The van der Waals surface area contributed by atoms with Gasteiger partial charge in [0.1, 0.15) is 23.0 Å². The fourth-order valence-electron chi connectivity index (χ4n) is 6.02. The zero-order valence-corrected chi connectivity index (χ0v) is 27.4. The summed E-state index contributed by atoms with van der Waals surface area (Å²) in [6, 6.07) is 43.5. The molecule has 0 saturated heterocycles. The second kappa shape index (κ2) is 14.8. The maximum atomic E-state index is 11.4. The van der Waals surface area contributed by atoms with Crippen molar-refractivity contribution in [2.75, 3.05) is 13.2 Å². The summed E-state index contributed by atoms with van der Waals surface area (Å²) in [4.78, 5) is 0. The number of ether oxygens (including phenoxy) is 2. The van der Waals surface area contributed by atoms with E-state index in [0.717, 1.165) is 44.5 Å². The standard InChI is InChI=1S/C44H40O4/c1-4-13-32(28-47-41-24-22-30(2)26-39(41)37-20-11-18-35(43(37)45)33-14-7-5-8-15-33)29-48-42-25-23-31(3)27-40(42)38-21-12-19-36(44(38)46)34-16-9-6-10-17-34/h4-12,14-27,32,45-46H,1,13,28-29H2,2-3H3. The average molecular weight is 633 g/mol. The lowest BCUT2D eigenvalue weighted by molar-refractivity contribution is 0.179. The van der Waals surface area contributed by atoms with Crippen LogP contribution < -0.4 is 9.47 Å². The molecule has 240 valence electrons. The number of allylic oxidation sites excluding steroid dienone is 1. The molecule has 0 bridgehead atoms. The predicted octanol–water partition coefficient (Wildman–Crippen LogP) is 11.0. The van der Waals surface area contributed by atoms with Crippen LogP contribution in [0, 0.1) is 19.8 Å². The Morgan fingerprint density at radius 2 is 0.938 bits per heavy atom. The summed E-state index contributed by atoms with van der Waals surface area (Å²) < 4.78 is 13.0. The SMILES string of the molecule is C=CCC(COc1ccc(C)cc1-c1cccc(-c2ccccc2)c1O)COc1ccc(C)cc1-c1cccc(-c2ccccc2)c1O. The van der Waals surface area contributed by atoms with Crippen molar-refractivity contribution >= 4 is 0 Å². The first kappa shape index (κ1) is 32.2. The molecule has 6 aromatic carbocycles. The summed E-state index contributed by atoms with van der Waals surface area (Å²) in [6.07, 6.45) is 2.57. The van der Waals surface area contributed by atoms with Gasteiger partial charge in [0.25, 0.3) is 0 Å². The van der Waals surface area contributed by atoms with Crippen LogP contribution in [0.3, 0.4) is 0 Å². The lowest BCUT2D eigenvalue weighted by Crippen LogP contribution is -2.20. The molecule has 0 unspecified atom stereocenters. The van der Waals surface area contributed by atoms with E-state index in [-0.39, 0.29) is 17.4 Å². The van der Waals surface area contributed by atoms with Crippen molar-refractivity contribution in [3.8, 4) is 67.5 Å². The van der Waals surface area contributed by atoms with Crippen LogP contribution in [-0.4, -0.2) is 23.4 Å². The molecule has 6 rings (SSSR count). The molecule has 0 heterocycles. The van der Waals surface area contributed by atoms with Gasteiger partial charge >= 0.3 is 0 Å². The average Bonchev–Trinajstić information content (AvgIpc) is 3.11. The van der Waals surface area contributed by atoms with Crippen molar-refractivity contribution in [2.45, 2.75) is 20.3 Å². The van der Waals surface area contributed by atoms with E-state index in [0.29, 0.717) is 42.3 Å². The predicted molar refractivity (Wildman–Crippen MR) is 197 cm³/mol. The third-order valence-electron chi connectivity index (χ3n) is 8.54. The zero-order chi connectivity index (χ0) is 33.5. The van der Waals surface area contributed by atoms with E-state index < -0.39 is 0 Å². The molecular weight excluding hydrogens is 592 g/mol. The zero-order valence-electron chi connectivity index (χ0n) is 27.4. The number of rotatable bonds is 12. The van der Waals surface area contributed by atoms with Gasteiger partial charge < -0.3 is 19.7 Å². The van der Waals surface area contributed by atoms with Gasteiger partial charge in [0.2, 0.25) is 0 Å². The highest BCUT2D eigenvalue weighted by molar-refractivity contribution is 5.85. The summed E-state index contributed by atoms with van der Waals surface area (Å²) in [5.74, 6) is 1.82. The second-order valence-electron chi connectivity index (χ2n) is 12.1. The van der Waals surface area contributed by atoms with Crippen molar-refractivity contribution in [1.82, 2.24) is 0 Å². The minimum absolute atomic E-state index is 0.000642. The fraction of sp³-hybridized carbons (Fsp3) is 0.136. The Morgan fingerprint density at radius 3 is 1.35 bits per heavy atom. The van der Waals surface area contributed by atoms with Gasteiger partial charge in [-0.05, 0) is 55.7 Å². The second-order valence-corrected chi connectivity index (χ2v) is 12.1. The number of para-hydroxylation sites is 2. The van der Waals surface area contributed by atoms with E-state index in [2.05, 4.69) is 6.58 Å². The Kier molecular flexibility index (Phi) is 9.92. The Morgan fingerprint density at radius 1 is 0.521 bits per heavy atom. The van der Waals surface area contributed by atoms with Crippen LogP contribution in [0.2, 0.25) is 0 Å². The number of aryl methyl sites for hydroxylation is 2. The molecule has 0 fully saturated rings. The Labute approximate surface area is 283 Å². The lowest BCUT2D eigenvalue weighted by atomic mass is 9.95. The van der Waals surface area contributed by atoms with E-state index in [1.807, 2.05) is 153 Å². The number of phenolic OH excluding ortho intramolecular Hbond substituents is 2. The first-order chi connectivity index (χ1) is 23.4. The van der Waals surface area contributed by atoms with Crippen LogP contribution in [0.1, 0.15) is 17.5 Å². The van der Waals surface area contributed by atoms with Gasteiger partial charge in [-0.25, -0.2) is 0 Å². The number of hydrogen-bond donors (Lipinski definition) is 2. The van der Waals surface area contributed by atoms with Crippen LogP contribution in [0.4, 0.5) is 0 Å². The van der Waals surface area contributed by atoms with E-state index in [1.165, 1.54) is 0 Å². The molecule has 6 aromatic rings. The molecular formula is C44H40O4. The number of aromatic hydroxyl groups is 2. The molecule has 0 radical (unpaired) electrons. The number of hydrogen-bond acceptors (Lipinski definition) is 4. The molecule has 0 atom stereocenters. The van der Waals surface area contributed by atoms with Crippen molar-refractivity contribution in [3.05, 3.63) is 157 Å². The van der Waals surface area contributed by atoms with Crippen molar-refractivity contribution in [3.63, 3.8) is 0 Å². The van der Waals surface area contributed by atoms with Crippen LogP contribution >= 0.6 is 0 Å². The largest absolute Gasteiger partial charge is 0.507 e. The van der Waals surface area contributed by atoms with E-state index in [1.54, 1.807) is 0 Å². The summed E-state index contributed by atoms with van der Waals surface area (Å²) in [5, 5.41) is 22.8. The first-order valence-corrected chi connectivity index (χ1v) is 16.3. The van der Waals surface area contributed by atoms with Crippen molar-refractivity contribution in [1.29, 1.82) is 0 Å². The maximum Gasteiger partial charge on any atom is 0.131 e. The molecule has 0 aliphatic rings. The molecule has 0 aliphatic heterocycles. The van der Waals surface area contributed by atoms with Crippen LogP contribution in [0.25, 0.3) is 44.5 Å². The monoisotopic (exact) mass is 632 g/mol. The van der Waals surface area contributed by atoms with Crippen molar-refractivity contribution < 1.29 is 19.7 Å². The quantitative estimate of drug-likeness (QED) is 0.132. The normalized spacial score (nSPS) is 11.0. The van der Waals surface area contributed by atoms with Crippen LogP contribution in [0.15, 0.2) is 146 Å². The highest BCUT2D eigenvalue weighted by Crippen LogP contribution is 2.43. The van der Waals surface area contributed by atoms with Gasteiger partial charge in [-0.15, -0.1) is 6.58 Å². The molecule has 0 aliphatic carbocycles. The summed E-state index contributed by atoms with van der Waals surface area (Å²) in [7, 11) is 0. The van der Waals surface area contributed by atoms with E-state index in [4.69, 9.17) is 9.47 Å². The fourth-order valence-corrected chi connectivity index (χ4v) is 6.02. The lowest BCUT2D eigenvalue weighted by Gasteiger charge is -2.21. The van der Waals surface area contributed by atoms with Crippen LogP contribution in [-0.2, 0) is 0 Å². The minimum Gasteiger partial charge on any atom is -0.507 e. The third kappa shape index (κ3) is 7.13. The Balaban J connectivity index is 1.24. The summed E-state index contributed by atoms with van der Waals surface area (Å²) in [5.41, 5.74) is 8.67. The smallest absolute Gasteiger partial charge is 0.131 e. The highest BCUT2D eigenvalue weighted by Gasteiger charge is 2.19. The summed E-state index contributed by atoms with van der Waals surface area (Å²) in [6.45, 7) is 8.83.